The van der Waals surface area contributed by atoms with Crippen molar-refractivity contribution in [2.24, 2.45) is 5.41 Å². The quantitative estimate of drug-likeness (QED) is 0.634. The van der Waals surface area contributed by atoms with Gasteiger partial charge in [0.25, 0.3) is 12.1 Å². The molecule has 1 aromatic carbocycles. The van der Waals surface area contributed by atoms with Gasteiger partial charge in [-0.25, -0.2) is 8.78 Å². The number of nitrogens with one attached hydrogen (secondary N) is 1. The van der Waals surface area contributed by atoms with Crippen LogP contribution in [0.15, 0.2) is 18.2 Å². The monoisotopic (exact) mass is 298 g/mol. The number of non-ortho nitro benzene ring substituents is 1. The number of anilines is 1. The van der Waals surface area contributed by atoms with Crippen LogP contribution >= 0.6 is 0 Å². The average molecular weight is 298 g/mol. The molecule has 1 N–H and O–H groups in total. The number of nitro groups is 1. The van der Waals surface area contributed by atoms with Crippen LogP contribution in [0.2, 0.25) is 0 Å². The Morgan fingerprint density at radius 3 is 2.71 bits per heavy atom. The fourth-order valence-corrected chi connectivity index (χ4v) is 3.02. The van der Waals surface area contributed by atoms with Crippen molar-refractivity contribution < 1.29 is 13.7 Å². The van der Waals surface area contributed by atoms with E-state index in [1.165, 1.54) is 12.1 Å². The van der Waals surface area contributed by atoms with Crippen molar-refractivity contribution in [3.05, 3.63) is 33.9 Å². The van der Waals surface area contributed by atoms with Gasteiger partial charge in [-0.15, -0.1) is 0 Å². The first-order valence-corrected chi connectivity index (χ1v) is 7.11. The van der Waals surface area contributed by atoms with Gasteiger partial charge in [-0.1, -0.05) is 20.3 Å². The molecule has 1 saturated carbocycles. The minimum absolute atomic E-state index is 0.132. The van der Waals surface area contributed by atoms with E-state index in [2.05, 4.69) is 19.2 Å². The lowest BCUT2D eigenvalue weighted by Crippen LogP contribution is -2.32. The van der Waals surface area contributed by atoms with Crippen LogP contribution in [0.5, 0.6) is 0 Å². The van der Waals surface area contributed by atoms with Gasteiger partial charge in [-0.05, 0) is 30.7 Å². The van der Waals surface area contributed by atoms with Gasteiger partial charge in [0, 0.05) is 29.4 Å². The molecule has 0 spiro atoms. The highest BCUT2D eigenvalue weighted by molar-refractivity contribution is 5.57. The van der Waals surface area contributed by atoms with Gasteiger partial charge in [0.15, 0.2) is 0 Å². The Labute approximate surface area is 122 Å². The van der Waals surface area contributed by atoms with E-state index in [-0.39, 0.29) is 22.7 Å². The smallest absolute Gasteiger partial charge is 0.270 e. The lowest BCUT2D eigenvalue weighted by atomic mass is 9.75. The van der Waals surface area contributed by atoms with E-state index in [1.54, 1.807) is 0 Å². The first-order valence-electron chi connectivity index (χ1n) is 7.11. The molecule has 21 heavy (non-hydrogen) atoms. The molecule has 0 saturated heterocycles. The number of benzene rings is 1. The van der Waals surface area contributed by atoms with Gasteiger partial charge < -0.3 is 5.32 Å². The van der Waals surface area contributed by atoms with E-state index < -0.39 is 11.3 Å². The molecule has 0 bridgehead atoms. The molecular weight excluding hydrogens is 278 g/mol. The summed E-state index contributed by atoms with van der Waals surface area (Å²) in [7, 11) is 0. The number of halogens is 2. The van der Waals surface area contributed by atoms with Crippen molar-refractivity contribution in [1.29, 1.82) is 0 Å². The standard InChI is InChI=1S/C15H20F2N2O2/c1-15(2)7-3-4-10(9-15)18-13-6-5-11(19(20)21)8-12(13)14(16)17/h5-6,8,10,14,18H,3-4,7,9H2,1-2H3. The SMILES string of the molecule is CC1(C)CCCC(Nc2ccc([N+](=O)[O-])cc2C(F)F)C1. The molecule has 0 heterocycles. The van der Waals surface area contributed by atoms with Crippen molar-refractivity contribution in [3.8, 4) is 0 Å². The van der Waals surface area contributed by atoms with E-state index in [0.29, 0.717) is 5.69 Å². The molecule has 0 radical (unpaired) electrons. The molecule has 0 aliphatic heterocycles. The van der Waals surface area contributed by atoms with E-state index in [1.807, 2.05) is 0 Å². The van der Waals surface area contributed by atoms with Crippen molar-refractivity contribution in [2.45, 2.75) is 52.0 Å². The summed E-state index contributed by atoms with van der Waals surface area (Å²) < 4.78 is 26.2. The molecule has 1 aromatic rings. The highest BCUT2D eigenvalue weighted by Gasteiger charge is 2.29. The van der Waals surface area contributed by atoms with Crippen LogP contribution in [-0.2, 0) is 0 Å². The largest absolute Gasteiger partial charge is 0.382 e. The Hall–Kier alpha value is -1.72. The number of rotatable bonds is 4. The zero-order valence-electron chi connectivity index (χ0n) is 12.2. The number of nitro benzene ring substituents is 1. The first kappa shape index (κ1) is 15.7. The first-order chi connectivity index (χ1) is 9.78. The predicted octanol–water partition coefficient (Wildman–Crippen LogP) is 4.91. The Morgan fingerprint density at radius 1 is 1.43 bits per heavy atom. The molecule has 1 fully saturated rings. The molecule has 1 unspecified atom stereocenters. The van der Waals surface area contributed by atoms with Crippen LogP contribution in [0.25, 0.3) is 0 Å². The molecule has 1 aliphatic carbocycles. The van der Waals surface area contributed by atoms with Crippen LogP contribution in [0, 0.1) is 15.5 Å². The van der Waals surface area contributed by atoms with Crippen LogP contribution in [0.4, 0.5) is 20.2 Å². The summed E-state index contributed by atoms with van der Waals surface area (Å²) >= 11 is 0. The van der Waals surface area contributed by atoms with E-state index in [4.69, 9.17) is 0 Å². The molecule has 116 valence electrons. The second kappa shape index (κ2) is 5.95. The van der Waals surface area contributed by atoms with Crippen molar-refractivity contribution in [2.75, 3.05) is 5.32 Å². The van der Waals surface area contributed by atoms with Crippen LogP contribution < -0.4 is 5.32 Å². The lowest BCUT2D eigenvalue weighted by molar-refractivity contribution is -0.385. The number of alkyl halides is 2. The van der Waals surface area contributed by atoms with Crippen molar-refractivity contribution in [3.63, 3.8) is 0 Å². The normalized spacial score (nSPS) is 21.3. The Balaban J connectivity index is 2.21. The summed E-state index contributed by atoms with van der Waals surface area (Å²) in [6.07, 6.45) is 1.30. The molecule has 1 aliphatic rings. The highest BCUT2D eigenvalue weighted by Crippen LogP contribution is 2.38. The minimum atomic E-state index is -2.73. The third-order valence-corrected chi connectivity index (χ3v) is 4.05. The Bertz CT molecular complexity index is 532. The minimum Gasteiger partial charge on any atom is -0.382 e. The van der Waals surface area contributed by atoms with Gasteiger partial charge >= 0.3 is 0 Å². The predicted molar refractivity (Wildman–Crippen MR) is 77.7 cm³/mol. The third-order valence-electron chi connectivity index (χ3n) is 4.05. The topological polar surface area (TPSA) is 55.2 Å². The van der Waals surface area contributed by atoms with E-state index in [9.17, 15) is 18.9 Å². The summed E-state index contributed by atoms with van der Waals surface area (Å²) in [5.41, 5.74) is -0.104. The number of nitrogens with zero attached hydrogens (tertiary/aromatic N) is 1. The highest BCUT2D eigenvalue weighted by atomic mass is 19.3. The third kappa shape index (κ3) is 3.89. The zero-order chi connectivity index (χ0) is 15.6. The molecule has 4 nitrogen and oxygen atoms in total. The van der Waals surface area contributed by atoms with Gasteiger partial charge in [-0.3, -0.25) is 10.1 Å². The molecule has 2 rings (SSSR count). The average Bonchev–Trinajstić information content (AvgIpc) is 2.37. The molecule has 0 aromatic heterocycles. The summed E-state index contributed by atoms with van der Waals surface area (Å²) in [5.74, 6) is 0. The maximum atomic E-state index is 13.1. The molecular formula is C15H20F2N2O2. The summed E-state index contributed by atoms with van der Waals surface area (Å²) in [6.45, 7) is 4.34. The maximum absolute atomic E-state index is 13.1. The van der Waals surface area contributed by atoms with Crippen molar-refractivity contribution in [1.82, 2.24) is 0 Å². The van der Waals surface area contributed by atoms with Crippen molar-refractivity contribution >= 4 is 11.4 Å². The van der Waals surface area contributed by atoms with Gasteiger partial charge in [0.2, 0.25) is 0 Å². The Kier molecular flexibility index (Phi) is 4.44. The Morgan fingerprint density at radius 2 is 2.14 bits per heavy atom. The van der Waals surface area contributed by atoms with Crippen LogP contribution in [-0.4, -0.2) is 11.0 Å². The number of hydrogen-bond donors (Lipinski definition) is 1. The number of hydrogen-bond acceptors (Lipinski definition) is 3. The zero-order valence-corrected chi connectivity index (χ0v) is 12.2. The van der Waals surface area contributed by atoms with Crippen LogP contribution in [0.1, 0.15) is 51.5 Å². The molecule has 0 amide bonds. The molecule has 1 atom stereocenters. The van der Waals surface area contributed by atoms with E-state index in [0.717, 1.165) is 31.7 Å². The molecule has 6 heteroatoms. The van der Waals surface area contributed by atoms with Gasteiger partial charge in [-0.2, -0.15) is 0 Å². The van der Waals surface area contributed by atoms with Gasteiger partial charge in [0.05, 0.1) is 4.92 Å². The second-order valence-corrected chi connectivity index (χ2v) is 6.43. The van der Waals surface area contributed by atoms with Crippen LogP contribution in [0.3, 0.4) is 0 Å². The fourth-order valence-electron chi connectivity index (χ4n) is 3.02. The van der Waals surface area contributed by atoms with E-state index >= 15 is 0 Å². The fraction of sp³-hybridized carbons (Fsp3) is 0.600. The summed E-state index contributed by atoms with van der Waals surface area (Å²) in [6, 6.07) is 3.75. The van der Waals surface area contributed by atoms with Gasteiger partial charge in [0.1, 0.15) is 0 Å². The lowest BCUT2D eigenvalue weighted by Gasteiger charge is -2.36. The summed E-state index contributed by atoms with van der Waals surface area (Å²) in [4.78, 5) is 10.0. The maximum Gasteiger partial charge on any atom is 0.270 e. The second-order valence-electron chi connectivity index (χ2n) is 6.43. The summed E-state index contributed by atoms with van der Waals surface area (Å²) in [5, 5.41) is 13.9.